The molecule has 1 unspecified atom stereocenters. The van der Waals surface area contributed by atoms with Crippen LogP contribution < -0.4 is 10.6 Å². The highest BCUT2D eigenvalue weighted by Gasteiger charge is 2.40. The fraction of sp³-hybridized carbons (Fsp3) is 0.333. The second-order valence-electron chi connectivity index (χ2n) is 5.23. The van der Waals surface area contributed by atoms with E-state index in [2.05, 4.69) is 10.6 Å². The zero-order valence-corrected chi connectivity index (χ0v) is 12.1. The average molecular weight is 303 g/mol. The van der Waals surface area contributed by atoms with Crippen molar-refractivity contribution >= 4 is 11.9 Å². The Morgan fingerprint density at radius 1 is 1.32 bits per heavy atom. The van der Waals surface area contributed by atoms with Crippen molar-refractivity contribution in [3.63, 3.8) is 0 Å². The molecule has 22 heavy (non-hydrogen) atoms. The summed E-state index contributed by atoms with van der Waals surface area (Å²) in [6.07, 6.45) is 0. The van der Waals surface area contributed by atoms with Crippen LogP contribution in [-0.2, 0) is 9.53 Å². The molecule has 3 N–H and O–H groups in total. The highest BCUT2D eigenvalue weighted by molar-refractivity contribution is 6.01. The van der Waals surface area contributed by atoms with Gasteiger partial charge in [-0.3, -0.25) is 4.79 Å². The molecular weight excluding hydrogens is 286 g/mol. The summed E-state index contributed by atoms with van der Waals surface area (Å²) < 4.78 is 5.01. The number of methoxy groups -OCH3 is 1. The van der Waals surface area contributed by atoms with Crippen molar-refractivity contribution in [2.24, 2.45) is 0 Å². The summed E-state index contributed by atoms with van der Waals surface area (Å²) in [6.45, 7) is 1.29. The molecule has 0 spiro atoms. The molecule has 0 aliphatic carbocycles. The van der Waals surface area contributed by atoms with Crippen LogP contribution in [0.3, 0.4) is 0 Å². The van der Waals surface area contributed by atoms with E-state index in [1.807, 2.05) is 0 Å². The molecule has 3 rings (SSSR count). The molecular formula is C15H17N3O4. The maximum absolute atomic E-state index is 12.6. The first-order valence-electron chi connectivity index (χ1n) is 6.98. The van der Waals surface area contributed by atoms with E-state index < -0.39 is 6.04 Å². The van der Waals surface area contributed by atoms with Gasteiger partial charge in [0.25, 0.3) is 5.91 Å². The van der Waals surface area contributed by atoms with E-state index in [0.29, 0.717) is 31.0 Å². The summed E-state index contributed by atoms with van der Waals surface area (Å²) in [6, 6.07) is 5.61. The number of aromatic hydroxyl groups is 1. The molecule has 116 valence electrons. The third-order valence-electron chi connectivity index (χ3n) is 3.81. The lowest BCUT2D eigenvalue weighted by molar-refractivity contribution is -0.126. The predicted molar refractivity (Wildman–Crippen MR) is 78.0 cm³/mol. The first kappa shape index (κ1) is 14.4. The van der Waals surface area contributed by atoms with Crippen LogP contribution in [0.1, 0.15) is 11.6 Å². The van der Waals surface area contributed by atoms with E-state index >= 15 is 0 Å². The molecule has 0 radical (unpaired) electrons. The van der Waals surface area contributed by atoms with Gasteiger partial charge in [0.2, 0.25) is 0 Å². The Hall–Kier alpha value is -2.54. The first-order valence-corrected chi connectivity index (χ1v) is 6.98. The second kappa shape index (κ2) is 5.69. The minimum Gasteiger partial charge on any atom is -0.508 e. The number of carbonyl (C=O) groups excluding carboxylic acids is 2. The van der Waals surface area contributed by atoms with Gasteiger partial charge >= 0.3 is 6.03 Å². The monoisotopic (exact) mass is 303 g/mol. The molecule has 3 amide bonds. The number of phenols is 1. The first-order chi connectivity index (χ1) is 10.6. The number of ether oxygens (including phenoxy) is 1. The van der Waals surface area contributed by atoms with Gasteiger partial charge in [-0.1, -0.05) is 12.1 Å². The average Bonchev–Trinajstić information content (AvgIpc) is 2.81. The van der Waals surface area contributed by atoms with E-state index in [9.17, 15) is 14.7 Å². The molecule has 7 heteroatoms. The molecule has 0 bridgehead atoms. The maximum atomic E-state index is 12.6. The summed E-state index contributed by atoms with van der Waals surface area (Å²) in [5.74, 6) is 0.0234. The summed E-state index contributed by atoms with van der Waals surface area (Å²) in [5.41, 5.74) is 1.92. The number of nitrogens with one attached hydrogen (secondary N) is 2. The maximum Gasteiger partial charge on any atom is 0.319 e. The number of amides is 3. The number of rotatable bonds is 4. The Kier molecular flexibility index (Phi) is 3.72. The predicted octanol–water partition coefficient (Wildman–Crippen LogP) is 0.489. The fourth-order valence-corrected chi connectivity index (χ4v) is 2.73. The van der Waals surface area contributed by atoms with E-state index in [1.54, 1.807) is 24.1 Å². The highest BCUT2D eigenvalue weighted by atomic mass is 16.5. The zero-order valence-electron chi connectivity index (χ0n) is 12.1. The molecule has 0 saturated carbocycles. The van der Waals surface area contributed by atoms with E-state index in [4.69, 9.17) is 4.74 Å². The Morgan fingerprint density at radius 3 is 2.73 bits per heavy atom. The van der Waals surface area contributed by atoms with Gasteiger partial charge in [0.15, 0.2) is 0 Å². The molecule has 2 aliphatic rings. The Balaban J connectivity index is 1.90. The number of hydrogen-bond acceptors (Lipinski definition) is 4. The van der Waals surface area contributed by atoms with Gasteiger partial charge in [-0.05, 0) is 17.7 Å². The molecule has 0 fully saturated rings. The van der Waals surface area contributed by atoms with Gasteiger partial charge < -0.3 is 25.4 Å². The van der Waals surface area contributed by atoms with Crippen molar-refractivity contribution < 1.29 is 19.4 Å². The molecule has 1 atom stereocenters. The van der Waals surface area contributed by atoms with Crippen LogP contribution in [0.4, 0.5) is 4.79 Å². The highest BCUT2D eigenvalue weighted by Crippen LogP contribution is 2.32. The van der Waals surface area contributed by atoms with E-state index in [1.165, 1.54) is 12.1 Å². The standard InChI is InChI=1S/C15H17N3O4/c1-22-7-6-18-8-11-12(14(18)20)13(17-15(21)16-11)9-2-4-10(19)5-3-9/h2-5,13,19H,6-8H2,1H3,(H2,16,17,21). The summed E-state index contributed by atoms with van der Waals surface area (Å²) >= 11 is 0. The van der Waals surface area contributed by atoms with Crippen LogP contribution >= 0.6 is 0 Å². The molecule has 7 nitrogen and oxygen atoms in total. The van der Waals surface area contributed by atoms with E-state index in [-0.39, 0.29) is 17.7 Å². The Morgan fingerprint density at radius 2 is 2.05 bits per heavy atom. The molecule has 1 aromatic rings. The van der Waals surface area contributed by atoms with Gasteiger partial charge in [-0.2, -0.15) is 0 Å². The van der Waals surface area contributed by atoms with Crippen LogP contribution in [-0.4, -0.2) is 48.8 Å². The third kappa shape index (κ3) is 2.50. The second-order valence-corrected chi connectivity index (χ2v) is 5.23. The quantitative estimate of drug-likeness (QED) is 0.755. The van der Waals surface area contributed by atoms with Crippen LogP contribution in [0.5, 0.6) is 5.75 Å². The van der Waals surface area contributed by atoms with Crippen LogP contribution in [0.15, 0.2) is 35.5 Å². The number of nitrogens with zero attached hydrogens (tertiary/aromatic N) is 1. The van der Waals surface area contributed by atoms with Crippen molar-refractivity contribution in [2.75, 3.05) is 26.8 Å². The lowest BCUT2D eigenvalue weighted by atomic mass is 9.96. The van der Waals surface area contributed by atoms with E-state index in [0.717, 1.165) is 5.56 Å². The topological polar surface area (TPSA) is 90.9 Å². The number of hydrogen-bond donors (Lipinski definition) is 3. The largest absolute Gasteiger partial charge is 0.508 e. The molecule has 0 aromatic heterocycles. The fourth-order valence-electron chi connectivity index (χ4n) is 2.73. The van der Waals surface area contributed by atoms with Crippen molar-refractivity contribution in [3.8, 4) is 5.75 Å². The lowest BCUT2D eigenvalue weighted by Crippen LogP contribution is -2.44. The molecule has 2 heterocycles. The minimum absolute atomic E-state index is 0.113. The van der Waals surface area contributed by atoms with Gasteiger partial charge in [0, 0.05) is 13.7 Å². The SMILES string of the molecule is COCCN1CC2=C(C1=O)C(c1ccc(O)cc1)NC(=O)N2. The van der Waals surface area contributed by atoms with Gasteiger partial charge in [-0.25, -0.2) is 4.79 Å². The summed E-state index contributed by atoms with van der Waals surface area (Å²) in [5, 5.41) is 14.9. The van der Waals surface area contributed by atoms with Gasteiger partial charge in [-0.15, -0.1) is 0 Å². The lowest BCUT2D eigenvalue weighted by Gasteiger charge is -2.25. The summed E-state index contributed by atoms with van der Waals surface area (Å²) in [7, 11) is 1.58. The van der Waals surface area contributed by atoms with Crippen molar-refractivity contribution in [3.05, 3.63) is 41.1 Å². The summed E-state index contributed by atoms with van der Waals surface area (Å²) in [4.78, 5) is 26.0. The number of carbonyl (C=O) groups is 2. The molecule has 1 aromatic carbocycles. The van der Waals surface area contributed by atoms with Crippen LogP contribution in [0.25, 0.3) is 0 Å². The van der Waals surface area contributed by atoms with Crippen LogP contribution in [0.2, 0.25) is 0 Å². The smallest absolute Gasteiger partial charge is 0.319 e. The zero-order chi connectivity index (χ0) is 15.7. The molecule has 0 saturated heterocycles. The van der Waals surface area contributed by atoms with Crippen molar-refractivity contribution in [2.45, 2.75) is 6.04 Å². The normalized spacial score (nSPS) is 20.8. The Bertz CT molecular complexity index is 639. The minimum atomic E-state index is -0.510. The van der Waals surface area contributed by atoms with Crippen molar-refractivity contribution in [1.82, 2.24) is 15.5 Å². The van der Waals surface area contributed by atoms with Gasteiger partial charge in [0.1, 0.15) is 5.75 Å². The number of urea groups is 1. The Labute approximate surface area is 127 Å². The third-order valence-corrected chi connectivity index (χ3v) is 3.81. The van der Waals surface area contributed by atoms with Crippen molar-refractivity contribution in [1.29, 1.82) is 0 Å². The molecule has 2 aliphatic heterocycles. The van der Waals surface area contributed by atoms with Crippen LogP contribution in [0, 0.1) is 0 Å². The number of phenolic OH excluding ortho intramolecular Hbond substituents is 1. The van der Waals surface area contributed by atoms with Gasteiger partial charge in [0.05, 0.1) is 30.5 Å². The number of benzene rings is 1.